The van der Waals surface area contributed by atoms with Gasteiger partial charge >= 0.3 is 12.4 Å². The van der Waals surface area contributed by atoms with Crippen molar-refractivity contribution in [2.75, 3.05) is 39.3 Å². The van der Waals surface area contributed by atoms with E-state index in [0.717, 1.165) is 48.6 Å². The van der Waals surface area contributed by atoms with E-state index in [1.807, 2.05) is 6.07 Å². The number of carbonyl (C=O) groups is 1. The van der Waals surface area contributed by atoms with Crippen molar-refractivity contribution in [1.29, 1.82) is 0 Å². The number of hydrogen-bond acceptors (Lipinski definition) is 1. The molecule has 1 saturated carbocycles. The summed E-state index contributed by atoms with van der Waals surface area (Å²) in [5.41, 5.74) is -2.80. The summed E-state index contributed by atoms with van der Waals surface area (Å²) in [6.07, 6.45) is 1.61. The van der Waals surface area contributed by atoms with Gasteiger partial charge in [0, 0.05) is 49.8 Å². The average Bonchev–Trinajstić information content (AvgIpc) is 3.47. The highest BCUT2D eigenvalue weighted by atomic mass is 35.5. The van der Waals surface area contributed by atoms with Crippen LogP contribution in [0.25, 0.3) is 0 Å². The lowest BCUT2D eigenvalue weighted by Gasteiger charge is -2.58. The third-order valence-electron chi connectivity index (χ3n) is 11.8. The molecule has 5 fully saturated rings. The molecule has 46 heavy (non-hydrogen) atoms. The van der Waals surface area contributed by atoms with Gasteiger partial charge < -0.3 is 21.8 Å². The summed E-state index contributed by atoms with van der Waals surface area (Å²) in [7, 11) is 0. The van der Waals surface area contributed by atoms with Crippen LogP contribution in [0.3, 0.4) is 0 Å². The Bertz CT molecular complexity index is 1380. The lowest BCUT2D eigenvalue weighted by Crippen LogP contribution is -3.00. The third-order valence-corrected chi connectivity index (χ3v) is 12.5. The number of fused-ring (bicyclic) bond motifs is 3. The Labute approximate surface area is 282 Å². The Kier molecular flexibility index (Phi) is 10.0. The molecule has 0 spiro atoms. The molecular formula is C34H39Cl3F6N2O. The standard InChI is InChI=1S/C34H39Cl2F6N2O.ClH/c35-28-7-6-25(21-29(28)36)32(12-17-44-14-9-31(10-15-44,11-16-44)24-4-2-1-3-5-24)8-13-43(22-32)30(45)23-18-26(33(37,38)39)20-27(19-23)34(40,41)42;/h6-7,18-21,24H,1-5,8-17,22H2;1H/q+1;/p-1. The highest BCUT2D eigenvalue weighted by Gasteiger charge is 2.53. The molecule has 1 atom stereocenters. The number of carbonyl (C=O) groups excluding carboxylic acids is 1. The van der Waals surface area contributed by atoms with Crippen LogP contribution in [0.5, 0.6) is 0 Å². The largest absolute Gasteiger partial charge is 1.00 e. The quantitative estimate of drug-likeness (QED) is 0.239. The fourth-order valence-electron chi connectivity index (χ4n) is 8.92. The monoisotopic (exact) mass is 710 g/mol. The van der Waals surface area contributed by atoms with Crippen molar-refractivity contribution >= 4 is 29.1 Å². The predicted molar refractivity (Wildman–Crippen MR) is 162 cm³/mol. The smallest absolute Gasteiger partial charge is 0.416 e. The Balaban J connectivity index is 0.00000417. The first-order valence-electron chi connectivity index (χ1n) is 16.0. The average molecular weight is 712 g/mol. The van der Waals surface area contributed by atoms with Crippen molar-refractivity contribution in [1.82, 2.24) is 4.90 Å². The molecule has 7 rings (SSSR count). The van der Waals surface area contributed by atoms with Crippen molar-refractivity contribution < 1.29 is 48.0 Å². The lowest BCUT2D eigenvalue weighted by molar-refractivity contribution is -0.946. The van der Waals surface area contributed by atoms with E-state index in [1.165, 1.54) is 56.3 Å². The van der Waals surface area contributed by atoms with Crippen LogP contribution in [0.2, 0.25) is 10.0 Å². The van der Waals surface area contributed by atoms with Crippen LogP contribution in [-0.4, -0.2) is 54.6 Å². The molecule has 12 heteroatoms. The topological polar surface area (TPSA) is 20.3 Å². The number of amides is 1. The van der Waals surface area contributed by atoms with Crippen LogP contribution < -0.4 is 12.4 Å². The fourth-order valence-corrected chi connectivity index (χ4v) is 9.22. The van der Waals surface area contributed by atoms with Crippen LogP contribution in [0.15, 0.2) is 36.4 Å². The Morgan fingerprint density at radius 2 is 1.41 bits per heavy atom. The minimum absolute atomic E-state index is 0. The van der Waals surface area contributed by atoms with Gasteiger partial charge in [-0.25, -0.2) is 0 Å². The van der Waals surface area contributed by atoms with Crippen molar-refractivity contribution in [3.05, 3.63) is 68.7 Å². The van der Waals surface area contributed by atoms with Gasteiger partial charge in [0.15, 0.2) is 0 Å². The molecule has 1 aliphatic carbocycles. The van der Waals surface area contributed by atoms with Crippen molar-refractivity contribution in [2.24, 2.45) is 11.3 Å². The van der Waals surface area contributed by atoms with Gasteiger partial charge in [0.05, 0.1) is 47.4 Å². The molecule has 0 aromatic heterocycles. The number of alkyl halides is 6. The predicted octanol–water partition coefficient (Wildman–Crippen LogP) is 6.79. The SMILES string of the molecule is O=C(c1cc(C(F)(F)F)cc(C(F)(F)F)c1)N1CCC(CC[N+]23CCC(C4CCCCC4)(CC2)CC3)(c2ccc(Cl)c(Cl)c2)C1.[Cl-]. The van der Waals surface area contributed by atoms with E-state index < -0.39 is 40.4 Å². The molecule has 3 nitrogen and oxygen atoms in total. The van der Waals surface area contributed by atoms with E-state index >= 15 is 0 Å². The van der Waals surface area contributed by atoms with E-state index in [1.54, 1.807) is 12.1 Å². The van der Waals surface area contributed by atoms with Crippen molar-refractivity contribution in [3.8, 4) is 0 Å². The lowest BCUT2D eigenvalue weighted by atomic mass is 9.59. The van der Waals surface area contributed by atoms with Gasteiger partial charge in [-0.3, -0.25) is 4.79 Å². The molecule has 2 aromatic rings. The Morgan fingerprint density at radius 3 is 1.96 bits per heavy atom. The molecule has 1 unspecified atom stereocenters. The van der Waals surface area contributed by atoms with Gasteiger partial charge in [0.1, 0.15) is 0 Å². The number of rotatable bonds is 6. The zero-order valence-corrected chi connectivity index (χ0v) is 27.8. The maximum atomic E-state index is 13.6. The molecule has 5 aliphatic rings. The van der Waals surface area contributed by atoms with E-state index in [4.69, 9.17) is 23.2 Å². The first-order chi connectivity index (χ1) is 21.1. The number of likely N-dealkylation sites (tertiary alicyclic amines) is 1. The number of halogens is 9. The summed E-state index contributed by atoms with van der Waals surface area (Å²) in [5.74, 6) is -0.00630. The summed E-state index contributed by atoms with van der Waals surface area (Å²) in [5, 5.41) is 0.754. The van der Waals surface area contributed by atoms with Gasteiger partial charge in [-0.15, -0.1) is 0 Å². The molecule has 254 valence electrons. The highest BCUT2D eigenvalue weighted by molar-refractivity contribution is 6.42. The maximum absolute atomic E-state index is 13.6. The van der Waals surface area contributed by atoms with E-state index in [-0.39, 0.29) is 31.6 Å². The van der Waals surface area contributed by atoms with Crippen molar-refractivity contribution in [2.45, 2.75) is 82.0 Å². The second kappa shape index (κ2) is 13.0. The molecule has 4 saturated heterocycles. The van der Waals surface area contributed by atoms with Gasteiger partial charge in [-0.05, 0) is 66.5 Å². The number of piperidine rings is 3. The van der Waals surface area contributed by atoms with Crippen LogP contribution in [0.1, 0.15) is 91.3 Å². The number of quaternary nitrogens is 1. The molecule has 2 bridgehead atoms. The maximum Gasteiger partial charge on any atom is 0.416 e. The minimum atomic E-state index is -5.03. The Hall–Kier alpha value is -1.68. The molecule has 0 radical (unpaired) electrons. The summed E-state index contributed by atoms with van der Waals surface area (Å²) >= 11 is 12.7. The van der Waals surface area contributed by atoms with E-state index in [2.05, 4.69) is 0 Å². The Morgan fingerprint density at radius 1 is 0.826 bits per heavy atom. The van der Waals surface area contributed by atoms with E-state index in [0.29, 0.717) is 34.0 Å². The zero-order valence-electron chi connectivity index (χ0n) is 25.6. The molecular weight excluding hydrogens is 673 g/mol. The first kappa shape index (κ1) is 35.6. The van der Waals surface area contributed by atoms with Gasteiger partial charge in [-0.1, -0.05) is 48.5 Å². The molecule has 4 heterocycles. The molecule has 1 amide bonds. The number of nitrogens with zero attached hydrogens (tertiary/aromatic N) is 2. The van der Waals surface area contributed by atoms with Crippen LogP contribution >= 0.6 is 23.2 Å². The normalized spacial score (nSPS) is 28.7. The van der Waals surface area contributed by atoms with E-state index in [9.17, 15) is 31.1 Å². The van der Waals surface area contributed by atoms with Crippen LogP contribution in [0.4, 0.5) is 26.3 Å². The number of benzene rings is 2. The highest BCUT2D eigenvalue weighted by Crippen LogP contribution is 2.54. The summed E-state index contributed by atoms with van der Waals surface area (Å²) in [4.78, 5) is 15.0. The van der Waals surface area contributed by atoms with Crippen LogP contribution in [-0.2, 0) is 17.8 Å². The molecule has 4 aliphatic heterocycles. The molecule has 0 N–H and O–H groups in total. The molecule has 2 aromatic carbocycles. The zero-order chi connectivity index (χ0) is 32.3. The third kappa shape index (κ3) is 6.90. The van der Waals surface area contributed by atoms with Gasteiger partial charge in [0.25, 0.3) is 5.91 Å². The fraction of sp³-hybridized carbons (Fsp3) is 0.618. The van der Waals surface area contributed by atoms with Crippen molar-refractivity contribution in [3.63, 3.8) is 0 Å². The van der Waals surface area contributed by atoms with Gasteiger partial charge in [0.2, 0.25) is 0 Å². The second-order valence-electron chi connectivity index (χ2n) is 14.1. The minimum Gasteiger partial charge on any atom is -1.00 e. The number of hydrogen-bond donors (Lipinski definition) is 0. The van der Waals surface area contributed by atoms with Crippen LogP contribution in [0, 0.1) is 11.3 Å². The van der Waals surface area contributed by atoms with Gasteiger partial charge in [-0.2, -0.15) is 26.3 Å². The second-order valence-corrected chi connectivity index (χ2v) is 14.9. The first-order valence-corrected chi connectivity index (χ1v) is 16.8. The summed E-state index contributed by atoms with van der Waals surface area (Å²) in [6, 6.07) is 6.49. The summed E-state index contributed by atoms with van der Waals surface area (Å²) in [6.45, 7) is 4.66. The summed E-state index contributed by atoms with van der Waals surface area (Å²) < 4.78 is 82.3.